The van der Waals surface area contributed by atoms with Crippen LogP contribution >= 0.6 is 0 Å². The van der Waals surface area contributed by atoms with Crippen LogP contribution in [0.2, 0.25) is 0 Å². The van der Waals surface area contributed by atoms with Crippen LogP contribution in [0.5, 0.6) is 0 Å². The van der Waals surface area contributed by atoms with Gasteiger partial charge in [-0.1, -0.05) is 25.5 Å². The number of hydrogen-bond acceptors (Lipinski definition) is 2. The first kappa shape index (κ1) is 14.1. The van der Waals surface area contributed by atoms with Crippen LogP contribution in [-0.4, -0.2) is 29.4 Å². The number of aryl methyl sites for hydroxylation is 1. The standard InChI is InChI=1S/C16H24N2O/c1-3-4-13-5-7-14(8-6-13)16(19)18-10-9-15(17)11-12(18)2/h5-8,12,15H,3-4,9-11,17H2,1-2H3/t12-,15-/m1/s1. The molecule has 0 spiro atoms. The second kappa shape index (κ2) is 6.20. The van der Waals surface area contributed by atoms with E-state index >= 15 is 0 Å². The Morgan fingerprint density at radius 2 is 2.05 bits per heavy atom. The molecule has 19 heavy (non-hydrogen) atoms. The summed E-state index contributed by atoms with van der Waals surface area (Å²) < 4.78 is 0. The van der Waals surface area contributed by atoms with E-state index in [-0.39, 0.29) is 18.0 Å². The van der Waals surface area contributed by atoms with Crippen LogP contribution < -0.4 is 5.73 Å². The molecule has 1 saturated heterocycles. The molecule has 1 aromatic carbocycles. The lowest BCUT2D eigenvalue weighted by Gasteiger charge is -2.36. The van der Waals surface area contributed by atoms with Crippen LogP contribution in [0.3, 0.4) is 0 Å². The number of nitrogens with zero attached hydrogens (tertiary/aromatic N) is 1. The van der Waals surface area contributed by atoms with Gasteiger partial charge in [-0.05, 0) is 43.9 Å². The van der Waals surface area contributed by atoms with Crippen LogP contribution in [0.4, 0.5) is 0 Å². The highest BCUT2D eigenvalue weighted by atomic mass is 16.2. The second-order valence-electron chi connectivity index (χ2n) is 5.58. The highest BCUT2D eigenvalue weighted by molar-refractivity contribution is 5.94. The third-order valence-electron chi connectivity index (χ3n) is 3.92. The van der Waals surface area contributed by atoms with E-state index in [0.29, 0.717) is 0 Å². The van der Waals surface area contributed by atoms with Crippen molar-refractivity contribution >= 4 is 5.91 Å². The number of piperidine rings is 1. The van der Waals surface area contributed by atoms with Crippen molar-refractivity contribution in [3.05, 3.63) is 35.4 Å². The maximum Gasteiger partial charge on any atom is 0.254 e. The quantitative estimate of drug-likeness (QED) is 0.908. The summed E-state index contributed by atoms with van der Waals surface area (Å²) in [7, 11) is 0. The molecule has 2 rings (SSSR count). The van der Waals surface area contributed by atoms with Crippen molar-refractivity contribution in [3.8, 4) is 0 Å². The Hall–Kier alpha value is -1.35. The van der Waals surface area contributed by atoms with Crippen molar-refractivity contribution in [1.29, 1.82) is 0 Å². The zero-order valence-corrected chi connectivity index (χ0v) is 11.9. The molecule has 0 aliphatic carbocycles. The third-order valence-corrected chi connectivity index (χ3v) is 3.92. The smallest absolute Gasteiger partial charge is 0.254 e. The zero-order chi connectivity index (χ0) is 13.8. The third kappa shape index (κ3) is 3.35. The van der Waals surface area contributed by atoms with E-state index in [1.165, 1.54) is 5.56 Å². The van der Waals surface area contributed by atoms with Gasteiger partial charge >= 0.3 is 0 Å². The van der Waals surface area contributed by atoms with Gasteiger partial charge < -0.3 is 10.6 Å². The number of amides is 1. The Bertz CT molecular complexity index is 427. The summed E-state index contributed by atoms with van der Waals surface area (Å²) in [6.07, 6.45) is 4.02. The fraction of sp³-hybridized carbons (Fsp3) is 0.562. The summed E-state index contributed by atoms with van der Waals surface area (Å²) in [6.45, 7) is 5.03. The van der Waals surface area contributed by atoms with Crippen LogP contribution in [0.25, 0.3) is 0 Å². The lowest BCUT2D eigenvalue weighted by molar-refractivity contribution is 0.0619. The van der Waals surface area contributed by atoms with Gasteiger partial charge in [0.25, 0.3) is 5.91 Å². The normalized spacial score (nSPS) is 23.4. The van der Waals surface area contributed by atoms with E-state index in [9.17, 15) is 4.79 Å². The van der Waals surface area contributed by atoms with Gasteiger partial charge in [0.1, 0.15) is 0 Å². The van der Waals surface area contributed by atoms with E-state index in [1.807, 2.05) is 17.0 Å². The molecular weight excluding hydrogens is 236 g/mol. The fourth-order valence-electron chi connectivity index (χ4n) is 2.78. The van der Waals surface area contributed by atoms with Crippen LogP contribution in [0, 0.1) is 0 Å². The lowest BCUT2D eigenvalue weighted by Crippen LogP contribution is -2.48. The van der Waals surface area contributed by atoms with E-state index in [4.69, 9.17) is 5.73 Å². The molecule has 1 aliphatic heterocycles. The lowest BCUT2D eigenvalue weighted by atomic mass is 9.98. The Labute approximate surface area is 115 Å². The number of carbonyl (C=O) groups is 1. The average molecular weight is 260 g/mol. The number of nitrogens with two attached hydrogens (primary N) is 1. The van der Waals surface area contributed by atoms with Gasteiger partial charge in [0.2, 0.25) is 0 Å². The van der Waals surface area contributed by atoms with Crippen molar-refractivity contribution in [2.75, 3.05) is 6.54 Å². The monoisotopic (exact) mass is 260 g/mol. The largest absolute Gasteiger partial charge is 0.336 e. The summed E-state index contributed by atoms with van der Waals surface area (Å²) in [5, 5.41) is 0. The van der Waals surface area contributed by atoms with E-state index in [0.717, 1.165) is 37.8 Å². The SMILES string of the molecule is CCCc1ccc(C(=O)N2CC[C@@H](N)C[C@H]2C)cc1. The van der Waals surface area contributed by atoms with Gasteiger partial charge in [-0.2, -0.15) is 0 Å². The molecule has 2 N–H and O–H groups in total. The molecule has 0 radical (unpaired) electrons. The van der Waals surface area contributed by atoms with E-state index in [1.54, 1.807) is 0 Å². The molecule has 1 amide bonds. The molecular formula is C16H24N2O. The number of likely N-dealkylation sites (tertiary alicyclic amines) is 1. The Kier molecular flexibility index (Phi) is 4.59. The molecule has 0 bridgehead atoms. The van der Waals surface area contributed by atoms with Crippen LogP contribution in [0.15, 0.2) is 24.3 Å². The molecule has 0 saturated carbocycles. The van der Waals surface area contributed by atoms with Gasteiger partial charge in [0.15, 0.2) is 0 Å². The van der Waals surface area contributed by atoms with E-state index < -0.39 is 0 Å². The molecule has 3 nitrogen and oxygen atoms in total. The topological polar surface area (TPSA) is 46.3 Å². The molecule has 1 aliphatic rings. The molecule has 1 heterocycles. The minimum Gasteiger partial charge on any atom is -0.336 e. The molecule has 3 heteroatoms. The first-order valence-corrected chi connectivity index (χ1v) is 7.27. The van der Waals surface area contributed by atoms with Crippen LogP contribution in [0.1, 0.15) is 49.0 Å². The predicted octanol–water partition coefficient (Wildman–Crippen LogP) is 2.59. The molecule has 2 atom stereocenters. The number of benzene rings is 1. The Balaban J connectivity index is 2.06. The van der Waals surface area contributed by atoms with Crippen molar-refractivity contribution in [1.82, 2.24) is 4.90 Å². The summed E-state index contributed by atoms with van der Waals surface area (Å²) in [5.74, 6) is 0.141. The van der Waals surface area contributed by atoms with Crippen LogP contribution in [-0.2, 0) is 6.42 Å². The van der Waals surface area contributed by atoms with Gasteiger partial charge in [-0.15, -0.1) is 0 Å². The number of carbonyl (C=O) groups excluding carboxylic acids is 1. The maximum atomic E-state index is 12.5. The second-order valence-corrected chi connectivity index (χ2v) is 5.58. The summed E-state index contributed by atoms with van der Waals surface area (Å²) in [6, 6.07) is 8.52. The molecule has 0 unspecified atom stereocenters. The highest BCUT2D eigenvalue weighted by Gasteiger charge is 2.27. The first-order chi connectivity index (χ1) is 9.11. The van der Waals surface area contributed by atoms with Gasteiger partial charge in [0, 0.05) is 24.2 Å². The van der Waals surface area contributed by atoms with Crippen molar-refractivity contribution < 1.29 is 4.79 Å². The summed E-state index contributed by atoms with van der Waals surface area (Å²) in [4.78, 5) is 14.4. The minimum absolute atomic E-state index is 0.141. The minimum atomic E-state index is 0.141. The molecule has 0 aromatic heterocycles. The molecule has 1 aromatic rings. The molecule has 104 valence electrons. The van der Waals surface area contributed by atoms with Crippen molar-refractivity contribution in [2.24, 2.45) is 5.73 Å². The number of rotatable bonds is 3. The summed E-state index contributed by atoms with van der Waals surface area (Å²) in [5.41, 5.74) is 8.03. The highest BCUT2D eigenvalue weighted by Crippen LogP contribution is 2.19. The van der Waals surface area contributed by atoms with Crippen molar-refractivity contribution in [2.45, 2.75) is 51.6 Å². The fourth-order valence-corrected chi connectivity index (χ4v) is 2.78. The maximum absolute atomic E-state index is 12.5. The average Bonchev–Trinajstić information content (AvgIpc) is 2.39. The predicted molar refractivity (Wildman–Crippen MR) is 78.1 cm³/mol. The number of hydrogen-bond donors (Lipinski definition) is 1. The van der Waals surface area contributed by atoms with Gasteiger partial charge in [0.05, 0.1) is 0 Å². The Morgan fingerprint density at radius 3 is 2.63 bits per heavy atom. The van der Waals surface area contributed by atoms with Crippen molar-refractivity contribution in [3.63, 3.8) is 0 Å². The first-order valence-electron chi connectivity index (χ1n) is 7.27. The molecule has 1 fully saturated rings. The summed E-state index contributed by atoms with van der Waals surface area (Å²) >= 11 is 0. The van der Waals surface area contributed by atoms with Gasteiger partial charge in [-0.25, -0.2) is 0 Å². The van der Waals surface area contributed by atoms with E-state index in [2.05, 4.69) is 26.0 Å². The zero-order valence-electron chi connectivity index (χ0n) is 11.9. The Morgan fingerprint density at radius 1 is 1.37 bits per heavy atom. The van der Waals surface area contributed by atoms with Gasteiger partial charge in [-0.3, -0.25) is 4.79 Å².